The average molecular weight is 204 g/mol. The summed E-state index contributed by atoms with van der Waals surface area (Å²) >= 11 is 4.03. The zero-order valence-corrected chi connectivity index (χ0v) is 8.47. The maximum absolute atomic E-state index is 11.3. The highest BCUT2D eigenvalue weighted by Crippen LogP contribution is 2.18. The lowest BCUT2D eigenvalue weighted by molar-refractivity contribution is -0.161. The maximum atomic E-state index is 11.3. The summed E-state index contributed by atoms with van der Waals surface area (Å²) in [6.07, 6.45) is -0.298. The van der Waals surface area contributed by atoms with Crippen LogP contribution in [0.4, 0.5) is 0 Å². The lowest BCUT2D eigenvalue weighted by Gasteiger charge is -2.17. The van der Waals surface area contributed by atoms with Crippen LogP contribution < -0.4 is 0 Å². The lowest BCUT2D eigenvalue weighted by Crippen LogP contribution is -2.33. The van der Waals surface area contributed by atoms with E-state index in [1.54, 1.807) is 13.8 Å². The van der Waals surface area contributed by atoms with Crippen LogP contribution in [0.1, 0.15) is 20.3 Å². The van der Waals surface area contributed by atoms with Gasteiger partial charge in [0, 0.05) is 6.42 Å². The van der Waals surface area contributed by atoms with Crippen LogP contribution in [0.3, 0.4) is 0 Å². The van der Waals surface area contributed by atoms with Gasteiger partial charge in [-0.2, -0.15) is 12.6 Å². The van der Waals surface area contributed by atoms with Crippen molar-refractivity contribution in [3.8, 4) is 0 Å². The largest absolute Gasteiger partial charge is 0.463 e. The Bertz CT molecular complexity index is 231. The van der Waals surface area contributed by atoms with Gasteiger partial charge in [-0.3, -0.25) is 4.79 Å². The summed E-state index contributed by atoms with van der Waals surface area (Å²) in [6, 6.07) is 0. The summed E-state index contributed by atoms with van der Waals surface area (Å²) in [5, 5.41) is 0. The average Bonchev–Trinajstić information content (AvgIpc) is 2.34. The molecule has 0 saturated carbocycles. The molecule has 1 heterocycles. The van der Waals surface area contributed by atoms with Crippen molar-refractivity contribution in [3.05, 3.63) is 0 Å². The van der Waals surface area contributed by atoms with Crippen LogP contribution in [-0.2, 0) is 19.1 Å². The zero-order chi connectivity index (χ0) is 10.1. The summed E-state index contributed by atoms with van der Waals surface area (Å²) in [5.41, 5.74) is 0. The van der Waals surface area contributed by atoms with Crippen molar-refractivity contribution in [1.29, 1.82) is 0 Å². The van der Waals surface area contributed by atoms with E-state index in [0.29, 0.717) is 13.0 Å². The number of thiol groups is 1. The molecule has 0 amide bonds. The highest BCUT2D eigenvalue weighted by molar-refractivity contribution is 7.82. The molecule has 0 aromatic heterocycles. The van der Waals surface area contributed by atoms with Gasteiger partial charge in [-0.25, -0.2) is 4.79 Å². The highest BCUT2D eigenvalue weighted by atomic mass is 32.1. The number of cyclic esters (lactones) is 1. The van der Waals surface area contributed by atoms with Crippen molar-refractivity contribution in [2.45, 2.75) is 31.1 Å². The molecule has 13 heavy (non-hydrogen) atoms. The third-order valence-corrected chi connectivity index (χ3v) is 1.82. The van der Waals surface area contributed by atoms with Crippen molar-refractivity contribution in [2.75, 3.05) is 6.61 Å². The Morgan fingerprint density at radius 3 is 2.69 bits per heavy atom. The summed E-state index contributed by atoms with van der Waals surface area (Å²) in [7, 11) is 0. The molecular weight excluding hydrogens is 192 g/mol. The monoisotopic (exact) mass is 204 g/mol. The van der Waals surface area contributed by atoms with Gasteiger partial charge in [0.2, 0.25) is 6.10 Å². The molecule has 1 atom stereocenters. The van der Waals surface area contributed by atoms with Gasteiger partial charge in [-0.15, -0.1) is 0 Å². The van der Waals surface area contributed by atoms with Crippen molar-refractivity contribution < 1.29 is 19.1 Å². The van der Waals surface area contributed by atoms with Crippen LogP contribution in [0, 0.1) is 0 Å². The van der Waals surface area contributed by atoms with Gasteiger partial charge in [0.05, 0.1) is 6.61 Å². The Morgan fingerprint density at radius 1 is 1.69 bits per heavy atom. The maximum Gasteiger partial charge on any atom is 0.347 e. The fraction of sp³-hybridized carbons (Fsp3) is 0.750. The standard InChI is InChI=1S/C8H12O4S/c1-8(2,13)7(10)12-5-3-4-11-6(5)9/h5,13H,3-4H2,1-2H3. The molecule has 1 saturated heterocycles. The number of esters is 2. The van der Waals surface area contributed by atoms with Crippen LogP contribution >= 0.6 is 12.6 Å². The zero-order valence-electron chi connectivity index (χ0n) is 7.57. The number of hydrogen-bond acceptors (Lipinski definition) is 5. The predicted octanol–water partition coefficient (Wildman–Crippen LogP) is 0.554. The molecule has 0 aromatic rings. The summed E-state index contributed by atoms with van der Waals surface area (Å²) in [5.74, 6) is -0.967. The summed E-state index contributed by atoms with van der Waals surface area (Å²) in [4.78, 5) is 22.2. The molecule has 1 unspecified atom stereocenters. The first-order valence-electron chi connectivity index (χ1n) is 4.01. The van der Waals surface area contributed by atoms with Crippen LogP contribution in [0.15, 0.2) is 0 Å². The molecule has 0 aliphatic carbocycles. The molecule has 74 valence electrons. The minimum atomic E-state index is -0.872. The molecule has 4 nitrogen and oxygen atoms in total. The molecule has 1 aliphatic rings. The number of hydrogen-bond donors (Lipinski definition) is 1. The van der Waals surface area contributed by atoms with Crippen molar-refractivity contribution >= 4 is 24.6 Å². The van der Waals surface area contributed by atoms with E-state index in [2.05, 4.69) is 17.4 Å². The minimum Gasteiger partial charge on any atom is -0.463 e. The van der Waals surface area contributed by atoms with Gasteiger partial charge in [-0.1, -0.05) is 0 Å². The first kappa shape index (κ1) is 10.4. The van der Waals surface area contributed by atoms with Gasteiger partial charge in [0.25, 0.3) is 0 Å². The van der Waals surface area contributed by atoms with Crippen LogP contribution in [0.25, 0.3) is 0 Å². The van der Waals surface area contributed by atoms with Crippen molar-refractivity contribution in [2.24, 2.45) is 0 Å². The van der Waals surface area contributed by atoms with Crippen LogP contribution in [0.5, 0.6) is 0 Å². The van der Waals surface area contributed by atoms with Crippen molar-refractivity contribution in [1.82, 2.24) is 0 Å². The van der Waals surface area contributed by atoms with E-state index < -0.39 is 22.8 Å². The number of carbonyl (C=O) groups is 2. The normalized spacial score (nSPS) is 22.7. The fourth-order valence-electron chi connectivity index (χ4n) is 0.858. The second kappa shape index (κ2) is 3.57. The van der Waals surface area contributed by atoms with Crippen LogP contribution in [0.2, 0.25) is 0 Å². The lowest BCUT2D eigenvalue weighted by atomic mass is 10.2. The first-order valence-corrected chi connectivity index (χ1v) is 4.46. The Labute approximate surface area is 82.0 Å². The first-order chi connectivity index (χ1) is 5.91. The molecule has 5 heteroatoms. The number of rotatable bonds is 2. The Hall–Kier alpha value is -0.710. The molecule has 1 fully saturated rings. The topological polar surface area (TPSA) is 52.6 Å². The van der Waals surface area contributed by atoms with E-state index in [4.69, 9.17) is 4.74 Å². The Morgan fingerprint density at radius 2 is 2.31 bits per heavy atom. The molecule has 0 N–H and O–H groups in total. The number of carbonyl (C=O) groups excluding carboxylic acids is 2. The van der Waals surface area contributed by atoms with E-state index >= 15 is 0 Å². The van der Waals surface area contributed by atoms with E-state index in [9.17, 15) is 9.59 Å². The van der Waals surface area contributed by atoms with E-state index in [1.807, 2.05) is 0 Å². The van der Waals surface area contributed by atoms with Gasteiger partial charge in [0.15, 0.2) is 0 Å². The number of ether oxygens (including phenoxy) is 2. The quantitative estimate of drug-likeness (QED) is 0.527. The highest BCUT2D eigenvalue weighted by Gasteiger charge is 2.34. The van der Waals surface area contributed by atoms with E-state index in [-0.39, 0.29) is 0 Å². The second-order valence-electron chi connectivity index (χ2n) is 3.41. The third-order valence-electron chi connectivity index (χ3n) is 1.64. The molecule has 0 spiro atoms. The SMILES string of the molecule is CC(C)(S)C(=O)OC1CCOC1=O. The fourth-order valence-corrected chi connectivity index (χ4v) is 0.911. The second-order valence-corrected chi connectivity index (χ2v) is 4.53. The molecule has 0 radical (unpaired) electrons. The Kier molecular flexibility index (Phi) is 2.85. The molecule has 1 aliphatic heterocycles. The third kappa shape index (κ3) is 2.62. The summed E-state index contributed by atoms with van der Waals surface area (Å²) < 4.78 is 8.66. The Balaban J connectivity index is 2.49. The van der Waals surface area contributed by atoms with Gasteiger partial charge in [0.1, 0.15) is 4.75 Å². The van der Waals surface area contributed by atoms with Crippen molar-refractivity contribution in [3.63, 3.8) is 0 Å². The van der Waals surface area contributed by atoms with Gasteiger partial charge < -0.3 is 9.47 Å². The minimum absolute atomic E-state index is 0.323. The van der Waals surface area contributed by atoms with E-state index in [1.165, 1.54) is 0 Å². The summed E-state index contributed by atoms with van der Waals surface area (Å²) in [6.45, 7) is 3.54. The molecule has 1 rings (SSSR count). The molecule has 0 aromatic carbocycles. The molecular formula is C8H12O4S. The van der Waals surface area contributed by atoms with Crippen LogP contribution in [-0.4, -0.2) is 29.4 Å². The molecule has 0 bridgehead atoms. The van der Waals surface area contributed by atoms with Gasteiger partial charge in [-0.05, 0) is 13.8 Å². The smallest absolute Gasteiger partial charge is 0.347 e. The van der Waals surface area contributed by atoms with Gasteiger partial charge >= 0.3 is 11.9 Å². The predicted molar refractivity (Wildman–Crippen MR) is 48.5 cm³/mol. The van der Waals surface area contributed by atoms with E-state index in [0.717, 1.165) is 0 Å².